The number of carbonyl (C=O) groups excluding carboxylic acids is 3. The van der Waals surface area contributed by atoms with Crippen LogP contribution in [0, 0.1) is 11.8 Å². The molecule has 15 heteroatoms. The van der Waals surface area contributed by atoms with Crippen LogP contribution < -0.4 is 5.32 Å². The topological polar surface area (TPSA) is 221 Å². The largest absolute Gasteiger partial charge is 0.445 e. The van der Waals surface area contributed by atoms with Crippen molar-refractivity contribution in [3.8, 4) is 0 Å². The summed E-state index contributed by atoms with van der Waals surface area (Å²) in [4.78, 5) is 39.0. The molecule has 0 bridgehead atoms. The minimum atomic E-state index is -0.557. The van der Waals surface area contributed by atoms with Crippen molar-refractivity contribution in [1.82, 2.24) is 15.1 Å². The molecular formula is C49H83N3O11Pd. The third-order valence-electron chi connectivity index (χ3n) is 12.3. The van der Waals surface area contributed by atoms with Crippen LogP contribution in [0.2, 0.25) is 0 Å². The number of rotatable bonds is 6. The Kier molecular flexibility index (Phi) is 32.8. The van der Waals surface area contributed by atoms with E-state index in [4.69, 9.17) is 19.3 Å². The third kappa shape index (κ3) is 23.5. The fourth-order valence-electron chi connectivity index (χ4n) is 8.21. The number of nitrogens with one attached hydrogen (secondary N) is 1. The molecule has 2 atom stereocenters. The van der Waals surface area contributed by atoms with E-state index in [1.165, 1.54) is 38.5 Å². The molecule has 2 aliphatic carbocycles. The first kappa shape index (κ1) is 61.0. The number of Topliss-reactive ketones (excluding diaryl/α,β-unsaturated/α-hetero) is 1. The van der Waals surface area contributed by atoms with Gasteiger partial charge in [0.15, 0.2) is 0 Å². The van der Waals surface area contributed by atoms with Gasteiger partial charge in [-0.2, -0.15) is 0 Å². The molecule has 8 N–H and O–H groups in total. The number of aliphatic hydroxyl groups excluding tert-OH is 1. The molecule has 370 valence electrons. The van der Waals surface area contributed by atoms with E-state index in [2.05, 4.69) is 5.32 Å². The van der Waals surface area contributed by atoms with Crippen LogP contribution in [-0.4, -0.2) is 125 Å². The van der Waals surface area contributed by atoms with Gasteiger partial charge in [0, 0.05) is 79.8 Å². The molecule has 4 heterocycles. The van der Waals surface area contributed by atoms with E-state index in [9.17, 15) is 24.6 Å². The number of benzene rings is 2. The second-order valence-electron chi connectivity index (χ2n) is 17.0. The average Bonchev–Trinajstić information content (AvgIpc) is 4.22. The molecule has 0 spiro atoms. The van der Waals surface area contributed by atoms with Crippen LogP contribution in [0.1, 0.15) is 134 Å². The summed E-state index contributed by atoms with van der Waals surface area (Å²) in [5, 5.41) is 31.4. The van der Waals surface area contributed by atoms with Crippen molar-refractivity contribution in [2.75, 3.05) is 59.6 Å². The third-order valence-corrected chi connectivity index (χ3v) is 12.3. The summed E-state index contributed by atoms with van der Waals surface area (Å²) in [5.74, 6) is 1.32. The zero-order chi connectivity index (χ0) is 42.9. The zero-order valence-corrected chi connectivity index (χ0v) is 39.3. The Hall–Kier alpha value is -2.97. The number of amides is 2. The summed E-state index contributed by atoms with van der Waals surface area (Å²) in [5.41, 5.74) is 1.11. The normalized spacial score (nSPS) is 23.2. The van der Waals surface area contributed by atoms with Gasteiger partial charge in [-0.15, -0.1) is 0 Å². The maximum Gasteiger partial charge on any atom is 0.410 e. The van der Waals surface area contributed by atoms with E-state index >= 15 is 0 Å². The van der Waals surface area contributed by atoms with Gasteiger partial charge in [-0.25, -0.2) is 9.59 Å². The second-order valence-corrected chi connectivity index (χ2v) is 17.0. The van der Waals surface area contributed by atoms with E-state index in [1.54, 1.807) is 9.80 Å². The van der Waals surface area contributed by atoms with Crippen LogP contribution in [0.25, 0.3) is 0 Å². The molecule has 0 radical (unpaired) electrons. The predicted molar refractivity (Wildman–Crippen MR) is 247 cm³/mol. The molecular weight excluding hydrogens is 913 g/mol. The van der Waals surface area contributed by atoms with Crippen LogP contribution in [-0.2, 0) is 52.6 Å². The van der Waals surface area contributed by atoms with Crippen molar-refractivity contribution in [3.05, 3.63) is 71.8 Å². The van der Waals surface area contributed by atoms with Crippen molar-refractivity contribution >= 4 is 18.0 Å². The van der Waals surface area contributed by atoms with E-state index in [-0.39, 0.29) is 69.0 Å². The quantitative estimate of drug-likeness (QED) is 0.222. The first-order chi connectivity index (χ1) is 29.2. The fraction of sp³-hybridized carbons (Fsp3) is 0.694. The molecule has 2 aromatic rings. The van der Waals surface area contributed by atoms with Crippen molar-refractivity contribution in [2.24, 2.45) is 11.8 Å². The molecule has 2 unspecified atom stereocenters. The van der Waals surface area contributed by atoms with Gasteiger partial charge in [0.25, 0.3) is 0 Å². The van der Waals surface area contributed by atoms with Gasteiger partial charge in [0.05, 0.1) is 11.2 Å². The zero-order valence-electron chi connectivity index (χ0n) is 37.7. The van der Waals surface area contributed by atoms with E-state index < -0.39 is 5.60 Å². The van der Waals surface area contributed by atoms with Gasteiger partial charge >= 0.3 is 12.2 Å². The minimum Gasteiger partial charge on any atom is -0.445 e. The summed E-state index contributed by atoms with van der Waals surface area (Å²) in [6.45, 7) is 7.23. The molecule has 6 fully saturated rings. The van der Waals surface area contributed by atoms with Crippen LogP contribution in [0.15, 0.2) is 60.7 Å². The van der Waals surface area contributed by atoms with Crippen molar-refractivity contribution in [3.63, 3.8) is 0 Å². The molecule has 64 heavy (non-hydrogen) atoms. The molecule has 4 saturated heterocycles. The number of carbonyl (C=O) groups is 3. The Labute approximate surface area is 397 Å². The van der Waals surface area contributed by atoms with Crippen molar-refractivity contribution in [1.29, 1.82) is 0 Å². The summed E-state index contributed by atoms with van der Waals surface area (Å²) < 4.78 is 15.6. The number of hydrogen-bond donors (Lipinski definition) is 4. The molecule has 8 rings (SSSR count). The van der Waals surface area contributed by atoms with E-state index in [1.807, 2.05) is 60.7 Å². The maximum absolute atomic E-state index is 12.3. The first-order valence-corrected chi connectivity index (χ1v) is 22.8. The Morgan fingerprint density at radius 2 is 1.09 bits per heavy atom. The molecule has 2 aromatic carbocycles. The molecule has 2 saturated carbocycles. The van der Waals surface area contributed by atoms with Crippen molar-refractivity contribution < 1.29 is 75.3 Å². The standard InChI is InChI=1S/C18H25NO3.C15H19NO3.C10H19NO.C4H8O.CH4O.CH4.2H2O.Pd/c20-17(22-14-15-6-2-1-3-7-15)19-12-5-4-10-18(21,11-13-19)16-8-9-16;17-14-8-4-5-10-16(11-9-14)15(18)19-12-13-6-2-1-3-7-13;12-10(9-3-4-9)5-1-2-7-11-8-6-10;1-2-4-5-3-1;1-2;;;;/h1-3,6-7,16,21H,4-5,8-14H2;1-3,6-7H,4-5,8-12H2;9,11-12H,1-8H2;1-4H2;2H,1H3;1H4;2*1H2;. The Bertz CT molecular complexity index is 1480. The predicted octanol–water partition coefficient (Wildman–Crippen LogP) is 6.79. The van der Waals surface area contributed by atoms with E-state index in [0.29, 0.717) is 57.3 Å². The Morgan fingerprint density at radius 3 is 1.58 bits per heavy atom. The number of nitrogens with zero attached hydrogens (tertiary/aromatic N) is 2. The molecule has 0 aromatic heterocycles. The second kappa shape index (κ2) is 34.4. The van der Waals surface area contributed by atoms with E-state index in [0.717, 1.165) is 109 Å². The monoisotopic (exact) mass is 996 g/mol. The van der Waals surface area contributed by atoms with Gasteiger partial charge in [0.2, 0.25) is 0 Å². The minimum absolute atomic E-state index is 0. The molecule has 6 aliphatic rings. The SMILES string of the molecule is C.C1CCOC1.CO.O.O.O=C(OCc1ccccc1)N1CCCCC(O)(C2CC2)CC1.O=C1CCCCN(C(=O)OCc2ccccc2)CC1.OC1(C2CC2)CCCCNCC1.[Pd]. The van der Waals surface area contributed by atoms with Gasteiger partial charge in [-0.1, -0.05) is 68.1 Å². The average molecular weight is 997 g/mol. The van der Waals surface area contributed by atoms with Crippen molar-refractivity contribution in [2.45, 2.75) is 147 Å². The summed E-state index contributed by atoms with van der Waals surface area (Å²) in [6.07, 6.45) is 17.5. The maximum atomic E-state index is 12.3. The van der Waals surface area contributed by atoms with Gasteiger partial charge in [0.1, 0.15) is 19.0 Å². The van der Waals surface area contributed by atoms with Crippen LogP contribution in [0.4, 0.5) is 9.59 Å². The Balaban J connectivity index is 0.000000861. The van der Waals surface area contributed by atoms with Crippen LogP contribution in [0.3, 0.4) is 0 Å². The van der Waals surface area contributed by atoms with Gasteiger partial charge in [-0.05, 0) is 139 Å². The molecule has 2 amide bonds. The van der Waals surface area contributed by atoms with Crippen LogP contribution in [0.5, 0.6) is 0 Å². The molecule has 4 aliphatic heterocycles. The van der Waals surface area contributed by atoms with Gasteiger partial charge < -0.3 is 55.6 Å². The molecule has 14 nitrogen and oxygen atoms in total. The first-order valence-electron chi connectivity index (χ1n) is 22.8. The smallest absolute Gasteiger partial charge is 0.410 e. The van der Waals surface area contributed by atoms with Gasteiger partial charge in [-0.3, -0.25) is 4.79 Å². The fourth-order valence-corrected chi connectivity index (χ4v) is 8.21. The number of ether oxygens (including phenoxy) is 3. The van der Waals surface area contributed by atoms with Crippen LogP contribution >= 0.6 is 0 Å². The number of aliphatic hydroxyl groups is 3. The number of hydrogen-bond acceptors (Lipinski definition) is 10. The number of ketones is 1. The summed E-state index contributed by atoms with van der Waals surface area (Å²) in [6, 6.07) is 19.3. The summed E-state index contributed by atoms with van der Waals surface area (Å²) in [7, 11) is 1.00. The Morgan fingerprint density at radius 1 is 0.625 bits per heavy atom. The summed E-state index contributed by atoms with van der Waals surface area (Å²) >= 11 is 0. The number of likely N-dealkylation sites (tertiary alicyclic amines) is 2.